The Hall–Kier alpha value is -1.38. The zero-order valence-corrected chi connectivity index (χ0v) is 16.8. The quantitative estimate of drug-likeness (QED) is 0.652. The van der Waals surface area contributed by atoms with Crippen LogP contribution in [0.3, 0.4) is 0 Å². The molecule has 0 spiro atoms. The fraction of sp³-hybridized carbons (Fsp3) is 0.381. The minimum atomic E-state index is -0.601. The highest BCUT2D eigenvalue weighted by Crippen LogP contribution is 2.38. The van der Waals surface area contributed by atoms with Crippen LogP contribution in [-0.2, 0) is 5.41 Å². The minimum Gasteiger partial charge on any atom is -1.00 e. The average molecular weight is 434 g/mol. The number of quaternary nitrogens is 1. The highest BCUT2D eigenvalue weighted by Gasteiger charge is 2.37. The largest absolute Gasteiger partial charge is 1.00 e. The molecular formula is C21H27IN2. The summed E-state index contributed by atoms with van der Waals surface area (Å²) in [6.45, 7) is 4.38. The van der Waals surface area contributed by atoms with Gasteiger partial charge >= 0.3 is 0 Å². The van der Waals surface area contributed by atoms with Gasteiger partial charge in [0.05, 0.1) is 11.6 Å². The van der Waals surface area contributed by atoms with Gasteiger partial charge < -0.3 is 29.7 Å². The molecule has 0 radical (unpaired) electrons. The second-order valence-corrected chi connectivity index (χ2v) is 6.46. The average Bonchev–Trinajstić information content (AvgIpc) is 2.64. The number of benzene rings is 2. The van der Waals surface area contributed by atoms with Crippen LogP contribution in [0.15, 0.2) is 60.7 Å². The Labute approximate surface area is 163 Å². The van der Waals surface area contributed by atoms with Crippen LogP contribution in [0.2, 0.25) is 0 Å². The highest BCUT2D eigenvalue weighted by molar-refractivity contribution is 5.45. The van der Waals surface area contributed by atoms with Gasteiger partial charge in [0.2, 0.25) is 0 Å². The summed E-state index contributed by atoms with van der Waals surface area (Å²) in [5, 5.41) is 10.2. The summed E-state index contributed by atoms with van der Waals surface area (Å²) in [6.07, 6.45) is 3.81. The van der Waals surface area contributed by atoms with Crippen molar-refractivity contribution in [2.45, 2.75) is 50.5 Å². The zero-order valence-electron chi connectivity index (χ0n) is 14.6. The van der Waals surface area contributed by atoms with E-state index >= 15 is 0 Å². The van der Waals surface area contributed by atoms with E-state index in [-0.39, 0.29) is 29.5 Å². The van der Waals surface area contributed by atoms with E-state index in [1.54, 1.807) is 0 Å². The maximum atomic E-state index is 10.2. The van der Waals surface area contributed by atoms with Crippen molar-refractivity contribution in [2.75, 3.05) is 0 Å². The van der Waals surface area contributed by atoms with Crippen LogP contribution in [0.5, 0.6) is 0 Å². The zero-order chi connectivity index (χ0) is 16.8. The van der Waals surface area contributed by atoms with Gasteiger partial charge in [0.15, 0.2) is 0 Å². The number of nitriles is 1. The molecule has 0 aliphatic rings. The molecule has 2 aromatic carbocycles. The Bertz CT molecular complexity index is 603. The first kappa shape index (κ1) is 20.7. The van der Waals surface area contributed by atoms with Gasteiger partial charge in [0.1, 0.15) is 5.41 Å². The Morgan fingerprint density at radius 2 is 1.25 bits per heavy atom. The van der Waals surface area contributed by atoms with Crippen LogP contribution in [0.25, 0.3) is 0 Å². The predicted molar refractivity (Wildman–Crippen MR) is 94.7 cm³/mol. The van der Waals surface area contributed by atoms with Gasteiger partial charge in [-0.3, -0.25) is 0 Å². The van der Waals surface area contributed by atoms with Crippen molar-refractivity contribution in [2.24, 2.45) is 0 Å². The van der Waals surface area contributed by atoms with E-state index in [1.165, 1.54) is 0 Å². The molecule has 2 nitrogen and oxygen atoms in total. The molecule has 2 rings (SSSR count). The van der Waals surface area contributed by atoms with Crippen LogP contribution in [0, 0.1) is 11.3 Å². The number of rotatable bonds is 7. The van der Waals surface area contributed by atoms with Gasteiger partial charge in [0, 0.05) is 6.42 Å². The van der Waals surface area contributed by atoms with Crippen molar-refractivity contribution >= 4 is 0 Å². The van der Waals surface area contributed by atoms with E-state index in [9.17, 15) is 5.26 Å². The molecule has 0 unspecified atom stereocenters. The molecule has 2 aromatic rings. The minimum absolute atomic E-state index is 0. The molecule has 0 saturated heterocycles. The van der Waals surface area contributed by atoms with Gasteiger partial charge in [-0.25, -0.2) is 0 Å². The Morgan fingerprint density at radius 1 is 0.833 bits per heavy atom. The molecule has 0 bridgehead atoms. The molecule has 3 heteroatoms. The third kappa shape index (κ3) is 4.37. The molecule has 0 aromatic heterocycles. The predicted octanol–water partition coefficient (Wildman–Crippen LogP) is 1.08. The lowest BCUT2D eigenvalue weighted by Gasteiger charge is -2.32. The molecule has 3 N–H and O–H groups in total. The van der Waals surface area contributed by atoms with E-state index < -0.39 is 5.41 Å². The molecule has 0 atom stereocenters. The van der Waals surface area contributed by atoms with Gasteiger partial charge in [-0.1, -0.05) is 74.5 Å². The van der Waals surface area contributed by atoms with Crippen LogP contribution >= 0.6 is 0 Å². The third-order valence-corrected chi connectivity index (χ3v) is 5.25. The first-order valence-corrected chi connectivity index (χ1v) is 8.48. The Kier molecular flexibility index (Phi) is 7.92. The summed E-state index contributed by atoms with van der Waals surface area (Å²) in [5.74, 6) is 0. The van der Waals surface area contributed by atoms with Crippen molar-refractivity contribution in [1.29, 1.82) is 5.26 Å². The van der Waals surface area contributed by atoms with E-state index in [1.807, 2.05) is 36.4 Å². The van der Waals surface area contributed by atoms with Crippen LogP contribution in [0.4, 0.5) is 0 Å². The first-order chi connectivity index (χ1) is 11.1. The van der Waals surface area contributed by atoms with E-state index in [0.29, 0.717) is 0 Å². The number of hydrogen-bond acceptors (Lipinski definition) is 1. The van der Waals surface area contributed by atoms with Crippen molar-refractivity contribution in [3.8, 4) is 6.07 Å². The SMILES string of the molecule is CCC([NH3+])(CC)CCC(C#N)(c1ccccc1)c1ccccc1.[I-]. The van der Waals surface area contributed by atoms with Crippen molar-refractivity contribution in [1.82, 2.24) is 0 Å². The molecule has 0 aliphatic carbocycles. The maximum absolute atomic E-state index is 10.2. The number of hydrogen-bond donors (Lipinski definition) is 1. The maximum Gasteiger partial charge on any atom is 0.107 e. The molecule has 0 aliphatic heterocycles. The number of nitrogens with zero attached hydrogens (tertiary/aromatic N) is 1. The van der Waals surface area contributed by atoms with Crippen molar-refractivity contribution in [3.63, 3.8) is 0 Å². The molecule has 0 fully saturated rings. The summed E-state index contributed by atoms with van der Waals surface area (Å²) >= 11 is 0. The summed E-state index contributed by atoms with van der Waals surface area (Å²) in [4.78, 5) is 0. The molecular weight excluding hydrogens is 407 g/mol. The fourth-order valence-electron chi connectivity index (χ4n) is 3.14. The van der Waals surface area contributed by atoms with Crippen molar-refractivity contribution in [3.05, 3.63) is 71.8 Å². The third-order valence-electron chi connectivity index (χ3n) is 5.25. The lowest BCUT2D eigenvalue weighted by Crippen LogP contribution is -3.00. The molecule has 0 amide bonds. The van der Waals surface area contributed by atoms with Gasteiger partial charge in [0.25, 0.3) is 0 Å². The summed E-state index contributed by atoms with van der Waals surface area (Å²) in [6, 6.07) is 23.0. The number of halogens is 1. The lowest BCUT2D eigenvalue weighted by molar-refractivity contribution is -0.482. The highest BCUT2D eigenvalue weighted by atomic mass is 127. The van der Waals surface area contributed by atoms with E-state index in [4.69, 9.17) is 0 Å². The molecule has 128 valence electrons. The standard InChI is InChI=1S/C21H26N2.HI/c1-3-20(23,4-2)15-16-21(17-22,18-11-7-5-8-12-18)19-13-9-6-10-14-19;/h5-14H,3-4,15-16,23H2,1-2H3;1H. The van der Waals surface area contributed by atoms with Crippen molar-refractivity contribution < 1.29 is 29.7 Å². The summed E-state index contributed by atoms with van der Waals surface area (Å²) in [7, 11) is 0. The van der Waals surface area contributed by atoms with Gasteiger partial charge in [-0.15, -0.1) is 0 Å². The summed E-state index contributed by atoms with van der Waals surface area (Å²) in [5.41, 5.74) is 6.01. The lowest BCUT2D eigenvalue weighted by atomic mass is 9.70. The van der Waals surface area contributed by atoms with E-state index in [0.717, 1.165) is 36.8 Å². The first-order valence-electron chi connectivity index (χ1n) is 8.48. The summed E-state index contributed by atoms with van der Waals surface area (Å²) < 4.78 is 0. The monoisotopic (exact) mass is 434 g/mol. The molecule has 0 saturated carbocycles. The van der Waals surface area contributed by atoms with Gasteiger partial charge in [-0.2, -0.15) is 5.26 Å². The van der Waals surface area contributed by atoms with Gasteiger partial charge in [-0.05, 0) is 30.4 Å². The second-order valence-electron chi connectivity index (χ2n) is 6.46. The van der Waals surface area contributed by atoms with E-state index in [2.05, 4.69) is 49.9 Å². The smallest absolute Gasteiger partial charge is 0.107 e. The Balaban J connectivity index is 0.00000288. The topological polar surface area (TPSA) is 51.4 Å². The fourth-order valence-corrected chi connectivity index (χ4v) is 3.14. The van der Waals surface area contributed by atoms with Crippen LogP contribution < -0.4 is 29.7 Å². The Morgan fingerprint density at radius 3 is 1.58 bits per heavy atom. The van der Waals surface area contributed by atoms with Crippen LogP contribution in [-0.4, -0.2) is 5.54 Å². The molecule has 0 heterocycles. The second kappa shape index (κ2) is 9.19. The molecule has 24 heavy (non-hydrogen) atoms. The normalized spacial score (nSPS) is 11.4. The van der Waals surface area contributed by atoms with Crippen LogP contribution in [0.1, 0.15) is 50.7 Å².